The van der Waals surface area contributed by atoms with E-state index in [1.807, 2.05) is 0 Å². The first-order chi connectivity index (χ1) is 26.8. The Balaban J connectivity index is 1.94. The number of methoxy groups -OCH3 is 1. The second-order valence-electron chi connectivity index (χ2n) is 15.3. The van der Waals surface area contributed by atoms with Crippen LogP contribution in [0.25, 0.3) is 0 Å². The van der Waals surface area contributed by atoms with Crippen LogP contribution >= 0.6 is 0 Å². The van der Waals surface area contributed by atoms with Crippen LogP contribution in [0.2, 0.25) is 0 Å². The number of Topliss-reactive ketones (excluding diaryl/α,β-unsaturated/α-hetero) is 3. The molecular weight excluding hydrogens is 746 g/mol. The predicted molar refractivity (Wildman–Crippen MR) is 203 cm³/mol. The third-order valence-electron chi connectivity index (χ3n) is 11.4. The summed E-state index contributed by atoms with van der Waals surface area (Å²) >= 11 is 0. The smallest absolute Gasteiger partial charge is 0.312 e. The number of nitroso groups, excluding NO2 is 2. The molecule has 5 bridgehead atoms. The van der Waals surface area contributed by atoms with Crippen LogP contribution in [-0.4, -0.2) is 101 Å². The number of carbonyl (C=O) groups excluding carboxylic acids is 5. The number of phenolic OH excluding ortho intramolecular Hbond substituents is 1. The summed E-state index contributed by atoms with van der Waals surface area (Å²) in [5.41, 5.74) is -1.55. The highest BCUT2D eigenvalue weighted by molar-refractivity contribution is 6.26. The number of ether oxygens (including phenoxy) is 4. The van der Waals surface area contributed by atoms with Gasteiger partial charge in [0.1, 0.15) is 23.6 Å². The number of allylic oxidation sites excluding steroid dienone is 2. The molecule has 1 aromatic rings. The van der Waals surface area contributed by atoms with E-state index >= 15 is 0 Å². The van der Waals surface area contributed by atoms with E-state index in [4.69, 9.17) is 18.9 Å². The Labute approximate surface area is 329 Å². The zero-order valence-electron chi connectivity index (χ0n) is 33.4. The van der Waals surface area contributed by atoms with Crippen molar-refractivity contribution in [3.8, 4) is 11.5 Å². The molecule has 310 valence electrons. The number of nitrogens with one attached hydrogen (secondary N) is 1. The first-order valence-electron chi connectivity index (χ1n) is 18.6. The van der Waals surface area contributed by atoms with Gasteiger partial charge in [0.25, 0.3) is 5.78 Å². The first-order valence-corrected chi connectivity index (χ1v) is 18.6. The van der Waals surface area contributed by atoms with Crippen molar-refractivity contribution in [2.75, 3.05) is 20.2 Å². The highest BCUT2D eigenvalue weighted by atomic mass is 16.7. The number of ketones is 3. The number of aromatic hydroxyl groups is 1. The number of carbonyl (C=O) groups is 5. The summed E-state index contributed by atoms with van der Waals surface area (Å²) in [6, 6.07) is -1.73. The maximum atomic E-state index is 14.6. The zero-order chi connectivity index (χ0) is 42.7. The minimum absolute atomic E-state index is 0.0392. The topological polar surface area (TPSA) is 254 Å². The van der Waals surface area contributed by atoms with Gasteiger partial charge in [0.2, 0.25) is 5.91 Å². The lowest BCUT2D eigenvalue weighted by Gasteiger charge is -2.38. The predicted octanol–water partition coefficient (Wildman–Crippen LogP) is 3.88. The molecule has 11 atom stereocenters. The summed E-state index contributed by atoms with van der Waals surface area (Å²) in [6.45, 7) is 10.6. The number of esters is 1. The van der Waals surface area contributed by atoms with Gasteiger partial charge in [-0.1, -0.05) is 56.3 Å². The van der Waals surface area contributed by atoms with Crippen molar-refractivity contribution >= 4 is 29.2 Å². The number of nitrogens with zero attached hydrogens (tertiary/aromatic N) is 2. The Bertz CT molecular complexity index is 1880. The molecule has 4 N–H and O–H groups in total. The van der Waals surface area contributed by atoms with E-state index in [-0.39, 0.29) is 16.9 Å². The first kappa shape index (κ1) is 44.6. The van der Waals surface area contributed by atoms with E-state index in [1.54, 1.807) is 33.8 Å². The highest BCUT2D eigenvalue weighted by Crippen LogP contribution is 2.49. The van der Waals surface area contributed by atoms with E-state index in [2.05, 4.69) is 15.7 Å². The van der Waals surface area contributed by atoms with E-state index in [1.165, 1.54) is 53.0 Å². The van der Waals surface area contributed by atoms with Crippen LogP contribution in [0.15, 0.2) is 46.5 Å². The quantitative estimate of drug-likeness (QED) is 0.226. The van der Waals surface area contributed by atoms with E-state index < -0.39 is 137 Å². The molecule has 5 rings (SSSR count). The molecule has 17 heteroatoms. The van der Waals surface area contributed by atoms with Crippen LogP contribution in [-0.2, 0) is 23.8 Å². The van der Waals surface area contributed by atoms with Crippen molar-refractivity contribution < 1.29 is 58.2 Å². The van der Waals surface area contributed by atoms with Crippen LogP contribution in [0.3, 0.4) is 0 Å². The maximum absolute atomic E-state index is 14.6. The zero-order valence-corrected chi connectivity index (χ0v) is 33.4. The van der Waals surface area contributed by atoms with Gasteiger partial charge in [0.05, 0.1) is 54.7 Å². The van der Waals surface area contributed by atoms with Gasteiger partial charge in [-0.3, -0.25) is 24.0 Å². The fourth-order valence-corrected chi connectivity index (χ4v) is 7.93. The normalized spacial score (nSPS) is 34.4. The molecule has 57 heavy (non-hydrogen) atoms. The molecule has 3 aliphatic heterocycles. The lowest BCUT2D eigenvalue weighted by atomic mass is 9.69. The summed E-state index contributed by atoms with van der Waals surface area (Å²) in [4.78, 5) is 92.2. The summed E-state index contributed by atoms with van der Waals surface area (Å²) in [5.74, 6) is -13.1. The standard InChI is InChI=1S/C40H51N3O14/c1-17-11-10-12-18(2)39(51)43-30-26(24(15-41-52)16-42-53)34(48)27-28(35(30)49)33(47)22(6)37-29(27)38(50)40(8,57-37)55-14-13-25(54-9)19(3)36(56-23(7)44)21(5)32(46)20(4)31(17)45/h10-14,17,19-21,24-26,30-32,36,45-47H,15-16H2,1-9H3,(H,43,51)/b11-10+,14-13+,18-12-/t17-,19+,20+,21+,25-,26?,30?,31-,32+,36+,40-/m0/s1. The largest absolute Gasteiger partial charge is 0.507 e. The SMILES string of the molecule is CO[C@H]1/C=C/O[C@@]2(C)Oc3c(C)c(O)c4c(c3C2=O)C(=O)C(C(CN=O)CN=O)C(NC(=O)/C(C)=C\C=C\[C@H](C)[C@H](O)[C@@H](C)[C@@H](O)[C@@H](C)[C@H](OC(C)=O)[C@@H]1C)C4=O. The average Bonchev–Trinajstić information content (AvgIpc) is 3.43. The number of hydrogen-bond donors (Lipinski definition) is 4. The molecule has 1 amide bonds. The van der Waals surface area contributed by atoms with Gasteiger partial charge in [-0.25, -0.2) is 0 Å². The molecule has 3 heterocycles. The second-order valence-corrected chi connectivity index (χ2v) is 15.3. The summed E-state index contributed by atoms with van der Waals surface area (Å²) in [7, 11) is 1.39. The Morgan fingerprint density at radius 1 is 0.930 bits per heavy atom. The molecule has 0 saturated heterocycles. The number of fused-ring (bicyclic) bond motifs is 14. The Kier molecular flexibility index (Phi) is 14.1. The molecular formula is C40H51N3O14. The molecule has 2 unspecified atom stereocenters. The second kappa shape index (κ2) is 18.0. The monoisotopic (exact) mass is 797 g/mol. The van der Waals surface area contributed by atoms with Crippen LogP contribution in [0.4, 0.5) is 0 Å². The third-order valence-corrected chi connectivity index (χ3v) is 11.4. The fraction of sp³-hybridized carbons (Fsp3) is 0.575. The van der Waals surface area contributed by atoms with Gasteiger partial charge in [0, 0.05) is 67.2 Å². The summed E-state index contributed by atoms with van der Waals surface area (Å²) in [5, 5.41) is 42.4. The molecule has 0 saturated carbocycles. The molecule has 0 spiro atoms. The molecule has 4 aliphatic rings. The van der Waals surface area contributed by atoms with Crippen LogP contribution in [0.1, 0.15) is 85.1 Å². The Morgan fingerprint density at radius 2 is 1.56 bits per heavy atom. The van der Waals surface area contributed by atoms with Gasteiger partial charge in [-0.05, 0) is 19.9 Å². The van der Waals surface area contributed by atoms with Crippen LogP contribution in [0.5, 0.6) is 11.5 Å². The van der Waals surface area contributed by atoms with Crippen LogP contribution in [0, 0.1) is 52.2 Å². The van der Waals surface area contributed by atoms with Crippen molar-refractivity contribution in [3.63, 3.8) is 0 Å². The molecule has 0 radical (unpaired) electrons. The van der Waals surface area contributed by atoms with Crippen molar-refractivity contribution in [2.45, 2.75) is 91.6 Å². The highest BCUT2D eigenvalue weighted by Gasteiger charge is 2.56. The Morgan fingerprint density at radius 3 is 2.14 bits per heavy atom. The van der Waals surface area contributed by atoms with Gasteiger partial charge >= 0.3 is 11.8 Å². The number of hydrogen-bond acceptors (Lipinski definition) is 16. The van der Waals surface area contributed by atoms with Crippen molar-refractivity contribution in [2.24, 2.45) is 45.9 Å². The van der Waals surface area contributed by atoms with Crippen molar-refractivity contribution in [1.29, 1.82) is 0 Å². The van der Waals surface area contributed by atoms with Gasteiger partial charge in [-0.2, -0.15) is 9.81 Å². The number of rotatable bonds is 7. The Hall–Kier alpha value is -5.13. The van der Waals surface area contributed by atoms with Gasteiger partial charge in [0.15, 0.2) is 11.6 Å². The molecule has 0 aromatic heterocycles. The molecule has 17 nitrogen and oxygen atoms in total. The van der Waals surface area contributed by atoms with E-state index in [0.717, 1.165) is 6.26 Å². The molecule has 1 aliphatic carbocycles. The minimum Gasteiger partial charge on any atom is -0.507 e. The average molecular weight is 798 g/mol. The number of phenols is 1. The molecule has 0 fully saturated rings. The number of aliphatic hydroxyl groups is 2. The third kappa shape index (κ3) is 8.60. The van der Waals surface area contributed by atoms with Crippen molar-refractivity contribution in [3.05, 3.63) is 68.2 Å². The number of aliphatic hydroxyl groups excluding tert-OH is 2. The fourth-order valence-electron chi connectivity index (χ4n) is 7.93. The van der Waals surface area contributed by atoms with E-state index in [9.17, 15) is 49.1 Å². The summed E-state index contributed by atoms with van der Waals surface area (Å²) < 4.78 is 23.2. The minimum atomic E-state index is -2.17. The number of amides is 1. The lowest BCUT2D eigenvalue weighted by molar-refractivity contribution is -0.160. The van der Waals surface area contributed by atoms with Gasteiger partial charge in [-0.15, -0.1) is 0 Å². The van der Waals surface area contributed by atoms with Gasteiger partial charge < -0.3 is 39.6 Å². The molecule has 1 aromatic carbocycles. The summed E-state index contributed by atoms with van der Waals surface area (Å²) in [6.07, 6.45) is 2.91. The van der Waals surface area contributed by atoms with Crippen molar-refractivity contribution in [1.82, 2.24) is 5.32 Å². The number of benzene rings is 1. The van der Waals surface area contributed by atoms with E-state index in [0.29, 0.717) is 0 Å². The maximum Gasteiger partial charge on any atom is 0.312 e. The van der Waals surface area contributed by atoms with Crippen LogP contribution < -0.4 is 10.1 Å². The lowest BCUT2D eigenvalue weighted by Crippen LogP contribution is -2.55.